The minimum Gasteiger partial charge on any atom is -0.324 e. The highest BCUT2D eigenvalue weighted by Crippen LogP contribution is 2.19. The first-order valence-electron chi connectivity index (χ1n) is 9.23. The molecule has 4 rings (SSSR count). The van der Waals surface area contributed by atoms with Gasteiger partial charge in [0, 0.05) is 11.1 Å². The van der Waals surface area contributed by atoms with Gasteiger partial charge in [0.25, 0.3) is 0 Å². The van der Waals surface area contributed by atoms with E-state index in [-0.39, 0.29) is 24.2 Å². The first-order chi connectivity index (χ1) is 14.0. The maximum absolute atomic E-state index is 12.5. The molecule has 3 N–H and O–H groups in total. The molecule has 2 amide bonds. The van der Waals surface area contributed by atoms with Gasteiger partial charge in [-0.1, -0.05) is 29.8 Å². The van der Waals surface area contributed by atoms with Crippen molar-refractivity contribution in [1.29, 1.82) is 0 Å². The van der Waals surface area contributed by atoms with Crippen LogP contribution in [0.4, 0.5) is 11.6 Å². The zero-order valence-electron chi connectivity index (χ0n) is 16.1. The largest absolute Gasteiger partial charge is 0.324 e. The molecule has 0 saturated heterocycles. The Hall–Kier alpha value is -3.81. The lowest BCUT2D eigenvalue weighted by Gasteiger charge is -2.21. The van der Waals surface area contributed by atoms with E-state index in [1.807, 2.05) is 50.2 Å². The van der Waals surface area contributed by atoms with Gasteiger partial charge in [-0.3, -0.25) is 20.2 Å². The number of nitrogens with one attached hydrogen (secondary N) is 3. The SMILES string of the molecule is Cc1ccc2nc(NC3=N[C@@H](C(=O)Nc4ccccc4)CC(=O)N3)nc(C)c2c1. The number of carbonyl (C=O) groups is 2. The van der Waals surface area contributed by atoms with Gasteiger partial charge in [0.1, 0.15) is 6.04 Å². The predicted octanol–water partition coefficient (Wildman–Crippen LogP) is 2.54. The predicted molar refractivity (Wildman–Crippen MR) is 112 cm³/mol. The van der Waals surface area contributed by atoms with Crippen LogP contribution in [-0.4, -0.2) is 33.8 Å². The molecule has 0 bridgehead atoms. The molecule has 0 fully saturated rings. The van der Waals surface area contributed by atoms with Crippen LogP contribution in [0.1, 0.15) is 17.7 Å². The summed E-state index contributed by atoms with van der Waals surface area (Å²) in [5.74, 6) is -0.192. The molecule has 8 nitrogen and oxygen atoms in total. The number of aliphatic imine (C=N–C) groups is 1. The second kappa shape index (κ2) is 7.67. The quantitative estimate of drug-likeness (QED) is 0.639. The van der Waals surface area contributed by atoms with Crippen molar-refractivity contribution in [2.75, 3.05) is 10.6 Å². The highest BCUT2D eigenvalue weighted by atomic mass is 16.2. The molecule has 3 aromatic rings. The Kier molecular flexibility index (Phi) is 4.90. The summed E-state index contributed by atoms with van der Waals surface area (Å²) in [6.45, 7) is 3.91. The molecular formula is C21H20N6O2. The molecule has 1 aromatic heterocycles. The Balaban J connectivity index is 1.56. The lowest BCUT2D eigenvalue weighted by atomic mass is 10.1. The fourth-order valence-corrected chi connectivity index (χ4v) is 3.11. The number of nitrogens with zero attached hydrogens (tertiary/aromatic N) is 3. The average molecular weight is 388 g/mol. The Morgan fingerprint density at radius 2 is 1.90 bits per heavy atom. The van der Waals surface area contributed by atoms with E-state index in [0.29, 0.717) is 11.6 Å². The molecule has 2 heterocycles. The standard InChI is InChI=1S/C21H20N6O2/c1-12-8-9-16-15(10-12)13(2)22-20(24-16)27-21-25-17(11-18(28)26-21)19(29)23-14-6-4-3-5-7-14/h3-10,17H,11H2,1-2H3,(H,23,29)(H2,22,24,25,26,27,28)/t17-/m1/s1. The van der Waals surface area contributed by atoms with Crippen LogP contribution < -0.4 is 16.0 Å². The second-order valence-electron chi connectivity index (χ2n) is 6.88. The molecule has 2 aromatic carbocycles. The molecular weight excluding hydrogens is 368 g/mol. The molecule has 1 atom stereocenters. The van der Waals surface area contributed by atoms with E-state index >= 15 is 0 Å². The summed E-state index contributed by atoms with van der Waals surface area (Å²) in [6.07, 6.45) is -0.0271. The third kappa shape index (κ3) is 4.21. The van der Waals surface area contributed by atoms with Gasteiger partial charge in [-0.15, -0.1) is 0 Å². The first kappa shape index (κ1) is 18.5. The Bertz CT molecular complexity index is 1130. The van der Waals surface area contributed by atoms with E-state index < -0.39 is 6.04 Å². The van der Waals surface area contributed by atoms with E-state index in [0.717, 1.165) is 22.2 Å². The van der Waals surface area contributed by atoms with Crippen molar-refractivity contribution in [3.8, 4) is 0 Å². The van der Waals surface area contributed by atoms with E-state index in [9.17, 15) is 9.59 Å². The number of rotatable bonds is 3. The smallest absolute Gasteiger partial charge is 0.249 e. The van der Waals surface area contributed by atoms with Gasteiger partial charge < -0.3 is 5.32 Å². The van der Waals surface area contributed by atoms with Crippen molar-refractivity contribution in [3.05, 3.63) is 59.8 Å². The number of aromatic nitrogens is 2. The maximum Gasteiger partial charge on any atom is 0.249 e. The average Bonchev–Trinajstić information content (AvgIpc) is 2.69. The molecule has 0 saturated carbocycles. The number of benzene rings is 2. The molecule has 29 heavy (non-hydrogen) atoms. The first-order valence-corrected chi connectivity index (χ1v) is 9.23. The van der Waals surface area contributed by atoms with Gasteiger partial charge in [-0.05, 0) is 38.1 Å². The van der Waals surface area contributed by atoms with Crippen LogP contribution in [0.15, 0.2) is 53.5 Å². The molecule has 0 unspecified atom stereocenters. The monoisotopic (exact) mass is 388 g/mol. The fraction of sp³-hybridized carbons (Fsp3) is 0.190. The van der Waals surface area contributed by atoms with Gasteiger partial charge >= 0.3 is 0 Å². The van der Waals surface area contributed by atoms with Crippen LogP contribution in [0.25, 0.3) is 10.9 Å². The van der Waals surface area contributed by atoms with Crippen LogP contribution in [0.2, 0.25) is 0 Å². The van der Waals surface area contributed by atoms with Gasteiger partial charge in [0.05, 0.1) is 17.6 Å². The summed E-state index contributed by atoms with van der Waals surface area (Å²) >= 11 is 0. The van der Waals surface area contributed by atoms with E-state index in [4.69, 9.17) is 0 Å². The number of hydrogen-bond donors (Lipinski definition) is 3. The van der Waals surface area contributed by atoms with Gasteiger partial charge in [0.15, 0.2) is 0 Å². The minimum atomic E-state index is -0.837. The summed E-state index contributed by atoms with van der Waals surface area (Å²) in [4.78, 5) is 37.9. The van der Waals surface area contributed by atoms with Gasteiger partial charge in [-0.2, -0.15) is 0 Å². The number of aryl methyl sites for hydroxylation is 2. The number of para-hydroxylation sites is 1. The molecule has 146 valence electrons. The number of hydrogen-bond acceptors (Lipinski definition) is 6. The van der Waals surface area contributed by atoms with Gasteiger partial charge in [0.2, 0.25) is 23.7 Å². The summed E-state index contributed by atoms with van der Waals surface area (Å²) in [6, 6.07) is 14.1. The van der Waals surface area contributed by atoms with Crippen LogP contribution in [-0.2, 0) is 9.59 Å². The van der Waals surface area contributed by atoms with Crippen LogP contribution in [0, 0.1) is 13.8 Å². The highest BCUT2D eigenvalue weighted by molar-refractivity contribution is 6.09. The number of carbonyl (C=O) groups excluding carboxylic acids is 2. The fourth-order valence-electron chi connectivity index (χ4n) is 3.11. The van der Waals surface area contributed by atoms with Crippen LogP contribution in [0.3, 0.4) is 0 Å². The third-order valence-corrected chi connectivity index (χ3v) is 4.54. The third-order valence-electron chi connectivity index (χ3n) is 4.54. The Morgan fingerprint density at radius 1 is 1.10 bits per heavy atom. The Morgan fingerprint density at radius 3 is 2.69 bits per heavy atom. The summed E-state index contributed by atoms with van der Waals surface area (Å²) < 4.78 is 0. The van der Waals surface area contributed by atoms with Crippen molar-refractivity contribution in [1.82, 2.24) is 15.3 Å². The van der Waals surface area contributed by atoms with Crippen molar-refractivity contribution in [2.24, 2.45) is 4.99 Å². The molecule has 8 heteroatoms. The zero-order valence-corrected chi connectivity index (χ0v) is 16.1. The van der Waals surface area contributed by atoms with Crippen molar-refractivity contribution < 1.29 is 9.59 Å². The lowest BCUT2D eigenvalue weighted by Crippen LogP contribution is -2.46. The van der Waals surface area contributed by atoms with Crippen molar-refractivity contribution >= 4 is 40.3 Å². The highest BCUT2D eigenvalue weighted by Gasteiger charge is 2.27. The number of amides is 2. The normalized spacial score (nSPS) is 16.1. The molecule has 1 aliphatic rings. The van der Waals surface area contributed by atoms with Crippen molar-refractivity contribution in [3.63, 3.8) is 0 Å². The number of anilines is 2. The number of guanidine groups is 1. The zero-order chi connectivity index (χ0) is 20.4. The summed E-state index contributed by atoms with van der Waals surface area (Å²) in [5.41, 5.74) is 3.37. The minimum absolute atomic E-state index is 0.0271. The summed E-state index contributed by atoms with van der Waals surface area (Å²) in [7, 11) is 0. The molecule has 0 aliphatic carbocycles. The lowest BCUT2D eigenvalue weighted by molar-refractivity contribution is -0.124. The maximum atomic E-state index is 12.5. The van der Waals surface area contributed by atoms with Crippen LogP contribution in [0.5, 0.6) is 0 Å². The van der Waals surface area contributed by atoms with E-state index in [1.165, 1.54) is 0 Å². The van der Waals surface area contributed by atoms with Crippen molar-refractivity contribution in [2.45, 2.75) is 26.3 Å². The molecule has 0 radical (unpaired) electrons. The van der Waals surface area contributed by atoms with Gasteiger partial charge in [-0.25, -0.2) is 15.0 Å². The van der Waals surface area contributed by atoms with E-state index in [1.54, 1.807) is 12.1 Å². The molecule has 0 spiro atoms. The van der Waals surface area contributed by atoms with E-state index in [2.05, 4.69) is 30.9 Å². The molecule has 1 aliphatic heterocycles. The number of fused-ring (bicyclic) bond motifs is 1. The topological polar surface area (TPSA) is 108 Å². The Labute approximate surface area is 167 Å². The summed E-state index contributed by atoms with van der Waals surface area (Å²) in [5, 5.41) is 9.29. The second-order valence-corrected chi connectivity index (χ2v) is 6.88. The van der Waals surface area contributed by atoms with Crippen LogP contribution >= 0.6 is 0 Å².